The summed E-state index contributed by atoms with van der Waals surface area (Å²) < 4.78 is 19.1. The summed E-state index contributed by atoms with van der Waals surface area (Å²) in [6.45, 7) is 6.01. The number of rotatable bonds is 1. The van der Waals surface area contributed by atoms with Gasteiger partial charge >= 0.3 is 6.09 Å². The Morgan fingerprint density at radius 1 is 1.43 bits per heavy atom. The second kappa shape index (κ2) is 5.60. The highest BCUT2D eigenvalue weighted by atomic mass is 19.1. The summed E-state index contributed by atoms with van der Waals surface area (Å²) in [6.07, 6.45) is 1.52. The highest BCUT2D eigenvalue weighted by Crippen LogP contribution is 2.33. The van der Waals surface area contributed by atoms with E-state index in [4.69, 9.17) is 4.74 Å². The van der Waals surface area contributed by atoms with Crippen LogP contribution in [0.1, 0.15) is 39.3 Å². The van der Waals surface area contributed by atoms with Crippen molar-refractivity contribution < 1.29 is 19.0 Å². The number of aliphatic hydroxyl groups is 1. The lowest BCUT2D eigenvalue weighted by molar-refractivity contribution is -0.0401. The Morgan fingerprint density at radius 3 is 2.57 bits per heavy atom. The summed E-state index contributed by atoms with van der Waals surface area (Å²) in [5.41, 5.74) is -1.84. The first-order valence-corrected chi connectivity index (χ1v) is 7.03. The van der Waals surface area contributed by atoms with E-state index in [1.54, 1.807) is 20.8 Å². The Bertz CT molecular complexity index is 520. The van der Waals surface area contributed by atoms with Gasteiger partial charge in [0.2, 0.25) is 0 Å². The van der Waals surface area contributed by atoms with Crippen LogP contribution in [0.25, 0.3) is 0 Å². The molecule has 5 nitrogen and oxygen atoms in total. The molecule has 2 rings (SSSR count). The van der Waals surface area contributed by atoms with Gasteiger partial charge in [-0.3, -0.25) is 4.98 Å². The minimum absolute atomic E-state index is 0.0499. The number of nitrogens with zero attached hydrogens (tertiary/aromatic N) is 2. The predicted molar refractivity (Wildman–Crippen MR) is 75.1 cm³/mol. The summed E-state index contributed by atoms with van der Waals surface area (Å²) in [4.78, 5) is 17.4. The third-order valence-corrected chi connectivity index (χ3v) is 3.44. The van der Waals surface area contributed by atoms with E-state index in [1.165, 1.54) is 23.2 Å². The van der Waals surface area contributed by atoms with E-state index in [9.17, 15) is 14.3 Å². The molecule has 1 fully saturated rings. The normalized spacial score (nSPS) is 18.4. The first kappa shape index (κ1) is 15.7. The van der Waals surface area contributed by atoms with E-state index in [0.717, 1.165) is 0 Å². The van der Waals surface area contributed by atoms with Crippen molar-refractivity contribution in [1.29, 1.82) is 0 Å². The molecule has 0 atom stereocenters. The van der Waals surface area contributed by atoms with E-state index in [-0.39, 0.29) is 18.5 Å². The fourth-order valence-corrected chi connectivity index (χ4v) is 2.35. The molecule has 1 aliphatic rings. The number of carbonyl (C=O) groups excluding carboxylic acids is 1. The number of aromatic nitrogens is 1. The number of hydrogen-bond donors (Lipinski definition) is 1. The molecule has 0 unspecified atom stereocenters. The zero-order valence-corrected chi connectivity index (χ0v) is 12.6. The molecule has 1 saturated heterocycles. The fourth-order valence-electron chi connectivity index (χ4n) is 2.35. The van der Waals surface area contributed by atoms with Gasteiger partial charge in [-0.25, -0.2) is 9.18 Å². The first-order chi connectivity index (χ1) is 9.71. The van der Waals surface area contributed by atoms with E-state index >= 15 is 0 Å². The molecule has 1 aliphatic heterocycles. The topological polar surface area (TPSA) is 62.7 Å². The molecule has 1 N–H and O–H groups in total. The van der Waals surface area contributed by atoms with Crippen LogP contribution < -0.4 is 0 Å². The smallest absolute Gasteiger partial charge is 0.410 e. The Labute approximate surface area is 123 Å². The molecule has 0 bridgehead atoms. The van der Waals surface area contributed by atoms with Crippen LogP contribution in [0.15, 0.2) is 18.3 Å². The van der Waals surface area contributed by atoms with Crippen molar-refractivity contribution in [2.75, 3.05) is 13.1 Å². The van der Waals surface area contributed by atoms with Gasteiger partial charge in [-0.2, -0.15) is 0 Å². The molecule has 21 heavy (non-hydrogen) atoms. The molecule has 2 heterocycles. The van der Waals surface area contributed by atoms with Crippen molar-refractivity contribution >= 4 is 6.09 Å². The summed E-state index contributed by atoms with van der Waals surface area (Å²) >= 11 is 0. The Hall–Kier alpha value is -1.69. The van der Waals surface area contributed by atoms with Crippen LogP contribution in [-0.2, 0) is 10.3 Å². The van der Waals surface area contributed by atoms with Gasteiger partial charge in [-0.1, -0.05) is 0 Å². The van der Waals surface area contributed by atoms with Crippen LogP contribution in [-0.4, -0.2) is 39.8 Å². The third-order valence-electron chi connectivity index (χ3n) is 3.44. The summed E-state index contributed by atoms with van der Waals surface area (Å²) in [6, 6.07) is 2.76. The first-order valence-electron chi connectivity index (χ1n) is 7.03. The molecule has 0 saturated carbocycles. The van der Waals surface area contributed by atoms with Gasteiger partial charge in [-0.05, 0) is 45.7 Å². The monoisotopic (exact) mass is 296 g/mol. The maximum atomic E-state index is 13.8. The maximum absolute atomic E-state index is 13.8. The number of pyridine rings is 1. The van der Waals surface area contributed by atoms with E-state index in [2.05, 4.69) is 4.98 Å². The van der Waals surface area contributed by atoms with Crippen molar-refractivity contribution in [2.45, 2.75) is 44.8 Å². The minimum atomic E-state index is -1.33. The van der Waals surface area contributed by atoms with Gasteiger partial charge in [0.05, 0.1) is 0 Å². The van der Waals surface area contributed by atoms with Gasteiger partial charge in [-0.15, -0.1) is 0 Å². The number of ether oxygens (including phenoxy) is 1. The van der Waals surface area contributed by atoms with E-state index in [0.29, 0.717) is 13.1 Å². The molecular weight excluding hydrogens is 275 g/mol. The number of piperidine rings is 1. The highest BCUT2D eigenvalue weighted by molar-refractivity contribution is 5.68. The molecule has 1 amide bonds. The Balaban J connectivity index is 2.03. The third kappa shape index (κ3) is 3.69. The van der Waals surface area contributed by atoms with Gasteiger partial charge in [0.15, 0.2) is 0 Å². The van der Waals surface area contributed by atoms with Crippen molar-refractivity contribution in [1.82, 2.24) is 9.88 Å². The average molecular weight is 296 g/mol. The number of hydrogen-bond acceptors (Lipinski definition) is 4. The van der Waals surface area contributed by atoms with Crippen molar-refractivity contribution in [3.05, 3.63) is 29.8 Å². The van der Waals surface area contributed by atoms with Crippen LogP contribution >= 0.6 is 0 Å². The molecule has 0 spiro atoms. The number of carbonyl (C=O) groups is 1. The fraction of sp³-hybridized carbons (Fsp3) is 0.600. The summed E-state index contributed by atoms with van der Waals surface area (Å²) in [5.74, 6) is -0.522. The molecule has 1 aromatic heterocycles. The quantitative estimate of drug-likeness (QED) is 0.864. The van der Waals surface area contributed by atoms with E-state index < -0.39 is 23.1 Å². The van der Waals surface area contributed by atoms with Crippen LogP contribution in [0.5, 0.6) is 0 Å². The lowest BCUT2D eigenvalue weighted by Crippen LogP contribution is -2.47. The highest BCUT2D eigenvalue weighted by Gasteiger charge is 2.39. The molecular formula is C15H21FN2O3. The zero-order chi connectivity index (χ0) is 15.7. The molecule has 116 valence electrons. The SMILES string of the molecule is CC(C)(C)OC(=O)N1CCC(O)(c2ncccc2F)CC1. The predicted octanol–water partition coefficient (Wildman–Crippen LogP) is 2.44. The molecule has 0 aliphatic carbocycles. The Kier molecular flexibility index (Phi) is 4.18. The molecule has 6 heteroatoms. The second-order valence-electron chi connectivity index (χ2n) is 6.33. The largest absolute Gasteiger partial charge is 0.444 e. The van der Waals surface area contributed by atoms with Crippen LogP contribution in [0.2, 0.25) is 0 Å². The Morgan fingerprint density at radius 2 is 2.05 bits per heavy atom. The van der Waals surface area contributed by atoms with Crippen LogP contribution in [0.3, 0.4) is 0 Å². The average Bonchev–Trinajstić information content (AvgIpc) is 2.37. The van der Waals surface area contributed by atoms with Gasteiger partial charge < -0.3 is 14.7 Å². The van der Waals surface area contributed by atoms with Gasteiger partial charge in [0, 0.05) is 19.3 Å². The maximum Gasteiger partial charge on any atom is 0.410 e. The van der Waals surface area contributed by atoms with Gasteiger partial charge in [0.1, 0.15) is 22.7 Å². The summed E-state index contributed by atoms with van der Waals surface area (Å²) in [7, 11) is 0. The van der Waals surface area contributed by atoms with Crippen LogP contribution in [0, 0.1) is 5.82 Å². The lowest BCUT2D eigenvalue weighted by Gasteiger charge is -2.38. The van der Waals surface area contributed by atoms with Gasteiger partial charge in [0.25, 0.3) is 0 Å². The minimum Gasteiger partial charge on any atom is -0.444 e. The van der Waals surface area contributed by atoms with Crippen molar-refractivity contribution in [3.8, 4) is 0 Å². The zero-order valence-electron chi connectivity index (χ0n) is 12.6. The number of likely N-dealkylation sites (tertiary alicyclic amines) is 1. The van der Waals surface area contributed by atoms with Crippen molar-refractivity contribution in [3.63, 3.8) is 0 Å². The summed E-state index contributed by atoms with van der Waals surface area (Å²) in [5, 5.41) is 10.6. The standard InChI is InChI=1S/C15H21FN2O3/c1-14(2,3)21-13(19)18-9-6-15(20,7-10-18)12-11(16)5-4-8-17-12/h4-5,8,20H,6-7,9-10H2,1-3H3. The molecule has 1 aromatic rings. The van der Waals surface area contributed by atoms with Crippen molar-refractivity contribution in [2.24, 2.45) is 0 Å². The molecule has 0 aromatic carbocycles. The van der Waals surface area contributed by atoms with Crippen LogP contribution in [0.4, 0.5) is 9.18 Å². The second-order valence-corrected chi connectivity index (χ2v) is 6.33. The number of halogens is 1. The lowest BCUT2D eigenvalue weighted by atomic mass is 9.87. The molecule has 0 radical (unpaired) electrons. The van der Waals surface area contributed by atoms with E-state index in [1.807, 2.05) is 0 Å². The number of amides is 1.